The van der Waals surface area contributed by atoms with Crippen molar-refractivity contribution in [3.8, 4) is 0 Å². The van der Waals surface area contributed by atoms with Crippen molar-refractivity contribution < 1.29 is 33.9 Å². The molecule has 0 spiro atoms. The van der Waals surface area contributed by atoms with Gasteiger partial charge in [0.2, 0.25) is 11.8 Å². The van der Waals surface area contributed by atoms with Crippen LogP contribution in [0.3, 0.4) is 0 Å². The van der Waals surface area contributed by atoms with Crippen molar-refractivity contribution in [2.24, 2.45) is 10.9 Å². The van der Waals surface area contributed by atoms with Crippen LogP contribution >= 0.6 is 0 Å². The van der Waals surface area contributed by atoms with Crippen LogP contribution in [0.25, 0.3) is 0 Å². The zero-order valence-electron chi connectivity index (χ0n) is 21.5. The number of benzene rings is 2. The van der Waals surface area contributed by atoms with E-state index in [9.17, 15) is 19.2 Å². The van der Waals surface area contributed by atoms with Crippen molar-refractivity contribution in [2.75, 3.05) is 44.2 Å². The number of alkyl carbamates (subject to hydrolysis) is 1. The van der Waals surface area contributed by atoms with Crippen molar-refractivity contribution in [1.29, 1.82) is 0 Å². The highest BCUT2D eigenvalue weighted by atomic mass is 16.6. The van der Waals surface area contributed by atoms with Crippen LogP contribution in [-0.4, -0.2) is 85.2 Å². The van der Waals surface area contributed by atoms with Gasteiger partial charge >= 0.3 is 12.1 Å². The highest BCUT2D eigenvalue weighted by Crippen LogP contribution is 2.18. The van der Waals surface area contributed by atoms with E-state index in [4.69, 9.17) is 20.4 Å². The molecule has 0 aromatic heterocycles. The fourth-order valence-corrected chi connectivity index (χ4v) is 3.79. The summed E-state index contributed by atoms with van der Waals surface area (Å²) >= 11 is 0. The number of nitrogens with one attached hydrogen (secondary N) is 2. The zero-order valence-corrected chi connectivity index (χ0v) is 21.5. The van der Waals surface area contributed by atoms with E-state index in [2.05, 4.69) is 15.8 Å². The standard InChI is InChI=1S/C26H32N6O7/c1-2-38-25(35)21(29-26(36)39-17-18-6-4-3-5-7-18)14-28-22(33)15-32-13-12-31(16-23(32)34)20-10-8-19(9-11-20)24(27)30-37/h3-11,21,37H,2,12-17H2,1H3,(H2,27,30)(H,28,33)(H,29,36)/t21-/m0/s1. The quantitative estimate of drug-likeness (QED) is 0.103. The van der Waals surface area contributed by atoms with Crippen molar-refractivity contribution >= 4 is 35.4 Å². The molecule has 0 aliphatic carbocycles. The maximum Gasteiger partial charge on any atom is 0.408 e. The number of hydrogen-bond acceptors (Lipinski definition) is 9. The SMILES string of the molecule is CCOC(=O)[C@H](CNC(=O)CN1CCN(c2ccc(C(N)=NO)cc2)CC1=O)NC(=O)OCc1ccccc1. The van der Waals surface area contributed by atoms with E-state index in [1.165, 1.54) is 4.90 Å². The number of oxime groups is 1. The average molecular weight is 541 g/mol. The van der Waals surface area contributed by atoms with Crippen LogP contribution < -0.4 is 21.3 Å². The van der Waals surface area contributed by atoms with Crippen LogP contribution in [-0.2, 0) is 30.5 Å². The highest BCUT2D eigenvalue weighted by molar-refractivity contribution is 5.97. The van der Waals surface area contributed by atoms with Crippen LogP contribution in [0.5, 0.6) is 0 Å². The van der Waals surface area contributed by atoms with Gasteiger partial charge in [-0.2, -0.15) is 0 Å². The van der Waals surface area contributed by atoms with E-state index in [0.717, 1.165) is 11.3 Å². The van der Waals surface area contributed by atoms with Gasteiger partial charge in [-0.25, -0.2) is 9.59 Å². The van der Waals surface area contributed by atoms with Crippen LogP contribution in [0.4, 0.5) is 10.5 Å². The van der Waals surface area contributed by atoms with Crippen molar-refractivity contribution in [2.45, 2.75) is 19.6 Å². The molecule has 39 heavy (non-hydrogen) atoms. The number of piperazine rings is 1. The average Bonchev–Trinajstić information content (AvgIpc) is 2.95. The minimum Gasteiger partial charge on any atom is -0.464 e. The summed E-state index contributed by atoms with van der Waals surface area (Å²) in [4.78, 5) is 53.1. The largest absolute Gasteiger partial charge is 0.464 e. The molecule has 13 heteroatoms. The summed E-state index contributed by atoms with van der Waals surface area (Å²) in [7, 11) is 0. The molecule has 1 saturated heterocycles. The minimum absolute atomic E-state index is 0.0117. The number of amidine groups is 1. The molecule has 5 N–H and O–H groups in total. The molecule has 1 heterocycles. The van der Waals surface area contributed by atoms with Crippen LogP contribution in [0.1, 0.15) is 18.1 Å². The van der Waals surface area contributed by atoms with Gasteiger partial charge in [0.05, 0.1) is 19.7 Å². The van der Waals surface area contributed by atoms with Crippen LogP contribution in [0.15, 0.2) is 59.8 Å². The number of ether oxygens (including phenoxy) is 2. The Bertz CT molecular complexity index is 1170. The number of esters is 1. The Kier molecular flexibility index (Phi) is 10.5. The third-order valence-corrected chi connectivity index (χ3v) is 5.87. The Morgan fingerprint density at radius 3 is 2.44 bits per heavy atom. The van der Waals surface area contributed by atoms with Gasteiger partial charge in [-0.05, 0) is 36.8 Å². The molecular weight excluding hydrogens is 508 g/mol. The van der Waals surface area contributed by atoms with Gasteiger partial charge in [0.15, 0.2) is 5.84 Å². The molecule has 2 aromatic rings. The number of anilines is 1. The maximum atomic E-state index is 12.7. The molecule has 2 aromatic carbocycles. The van der Waals surface area contributed by atoms with Crippen LogP contribution in [0.2, 0.25) is 0 Å². The van der Waals surface area contributed by atoms with Gasteiger partial charge in [-0.1, -0.05) is 35.5 Å². The Labute approximate surface area is 225 Å². The van der Waals surface area contributed by atoms with Crippen molar-refractivity contribution in [3.05, 3.63) is 65.7 Å². The third kappa shape index (κ3) is 8.62. The van der Waals surface area contributed by atoms with Gasteiger partial charge in [-0.15, -0.1) is 0 Å². The maximum absolute atomic E-state index is 12.7. The second-order valence-corrected chi connectivity index (χ2v) is 8.58. The van der Waals surface area contributed by atoms with E-state index in [-0.39, 0.29) is 44.6 Å². The topological polar surface area (TPSA) is 176 Å². The molecule has 13 nitrogen and oxygen atoms in total. The van der Waals surface area contributed by atoms with E-state index in [1.54, 1.807) is 43.3 Å². The first-order valence-electron chi connectivity index (χ1n) is 12.3. The van der Waals surface area contributed by atoms with Gasteiger partial charge in [0, 0.05) is 30.9 Å². The molecule has 1 atom stereocenters. The number of nitrogens with zero attached hydrogens (tertiary/aromatic N) is 3. The molecule has 0 radical (unpaired) electrons. The lowest BCUT2D eigenvalue weighted by Gasteiger charge is -2.35. The highest BCUT2D eigenvalue weighted by Gasteiger charge is 2.27. The lowest BCUT2D eigenvalue weighted by Crippen LogP contribution is -2.54. The Hall–Kier alpha value is -4.81. The first kappa shape index (κ1) is 28.8. The first-order chi connectivity index (χ1) is 18.8. The van der Waals surface area contributed by atoms with Gasteiger partial charge < -0.3 is 40.8 Å². The Morgan fingerprint density at radius 2 is 1.79 bits per heavy atom. The predicted molar refractivity (Wildman–Crippen MR) is 141 cm³/mol. The van der Waals surface area contributed by atoms with Crippen LogP contribution in [0, 0.1) is 0 Å². The molecule has 3 amide bonds. The number of carbonyl (C=O) groups is 4. The molecule has 208 valence electrons. The van der Waals surface area contributed by atoms with E-state index < -0.39 is 24.0 Å². The second-order valence-electron chi connectivity index (χ2n) is 8.58. The fraction of sp³-hybridized carbons (Fsp3) is 0.346. The molecule has 0 unspecified atom stereocenters. The van der Waals surface area contributed by atoms with Crippen molar-refractivity contribution in [3.63, 3.8) is 0 Å². The monoisotopic (exact) mass is 540 g/mol. The molecule has 1 aliphatic rings. The first-order valence-corrected chi connectivity index (χ1v) is 12.3. The van der Waals surface area contributed by atoms with E-state index in [0.29, 0.717) is 18.7 Å². The van der Waals surface area contributed by atoms with Gasteiger partial charge in [0.1, 0.15) is 12.6 Å². The molecule has 1 aliphatic heterocycles. The molecular formula is C26H32N6O7. The lowest BCUT2D eigenvalue weighted by atomic mass is 10.1. The summed E-state index contributed by atoms with van der Waals surface area (Å²) < 4.78 is 10.1. The van der Waals surface area contributed by atoms with Gasteiger partial charge in [-0.3, -0.25) is 9.59 Å². The predicted octanol–water partition coefficient (Wildman–Crippen LogP) is 0.404. The van der Waals surface area contributed by atoms with Crippen molar-refractivity contribution in [1.82, 2.24) is 15.5 Å². The molecule has 0 bridgehead atoms. The summed E-state index contributed by atoms with van der Waals surface area (Å²) in [6, 6.07) is 14.7. The Balaban J connectivity index is 1.48. The second kappa shape index (κ2) is 14.2. The summed E-state index contributed by atoms with van der Waals surface area (Å²) in [6.07, 6.45) is -0.836. The third-order valence-electron chi connectivity index (χ3n) is 5.87. The normalized spacial score (nSPS) is 14.4. The number of hydrogen-bond donors (Lipinski definition) is 4. The number of carbonyl (C=O) groups excluding carboxylic acids is 4. The summed E-state index contributed by atoms with van der Waals surface area (Å²) in [5, 5.41) is 16.7. The smallest absolute Gasteiger partial charge is 0.408 e. The number of amides is 3. The van der Waals surface area contributed by atoms with Gasteiger partial charge in [0.25, 0.3) is 0 Å². The van der Waals surface area contributed by atoms with E-state index in [1.807, 2.05) is 23.1 Å². The molecule has 0 saturated carbocycles. The minimum atomic E-state index is -1.17. The summed E-state index contributed by atoms with van der Waals surface area (Å²) in [5.41, 5.74) is 7.68. The van der Waals surface area contributed by atoms with E-state index >= 15 is 0 Å². The summed E-state index contributed by atoms with van der Waals surface area (Å²) in [5.74, 6) is -1.48. The Morgan fingerprint density at radius 1 is 1.08 bits per heavy atom. The molecule has 1 fully saturated rings. The number of rotatable bonds is 11. The fourth-order valence-electron chi connectivity index (χ4n) is 3.79. The summed E-state index contributed by atoms with van der Waals surface area (Å²) in [6.45, 7) is 2.14. The molecule has 3 rings (SSSR count). The number of nitrogens with two attached hydrogens (primary N) is 1. The zero-order chi connectivity index (χ0) is 28.2. The lowest BCUT2D eigenvalue weighted by molar-refractivity contribution is -0.145.